The molecule has 134 valence electrons. The molecule has 0 bridgehead atoms. The third-order valence-corrected chi connectivity index (χ3v) is 4.49. The molecular formula is C17H17N5O3S. The molecule has 0 fully saturated rings. The second kappa shape index (κ2) is 7.87. The molecule has 3 rings (SSSR count). The van der Waals surface area contributed by atoms with Crippen molar-refractivity contribution in [3.63, 3.8) is 0 Å². The second-order valence-electron chi connectivity index (χ2n) is 5.38. The van der Waals surface area contributed by atoms with Gasteiger partial charge in [-0.1, -0.05) is 23.9 Å². The maximum Gasteiger partial charge on any atom is 0.234 e. The topological polar surface area (TPSA) is 102 Å². The van der Waals surface area contributed by atoms with Crippen molar-refractivity contribution in [2.24, 2.45) is 0 Å². The molecule has 0 aliphatic rings. The Hall–Kier alpha value is -3.07. The number of phenols is 1. The number of aryl methyl sites for hydroxylation is 1. The van der Waals surface area contributed by atoms with Gasteiger partial charge in [-0.25, -0.2) is 0 Å². The van der Waals surface area contributed by atoms with E-state index in [1.54, 1.807) is 32.2 Å². The Balaban J connectivity index is 1.68. The summed E-state index contributed by atoms with van der Waals surface area (Å²) in [5, 5.41) is 24.4. The van der Waals surface area contributed by atoms with E-state index in [0.717, 1.165) is 0 Å². The number of carbonyl (C=O) groups is 1. The molecule has 0 atom stereocenters. The number of hydrogen-bond acceptors (Lipinski definition) is 7. The normalized spacial score (nSPS) is 10.5. The number of thioether (sulfide) groups is 1. The molecule has 0 saturated heterocycles. The molecule has 0 radical (unpaired) electrons. The van der Waals surface area contributed by atoms with Crippen molar-refractivity contribution in [3.8, 4) is 17.2 Å². The lowest BCUT2D eigenvalue weighted by atomic mass is 10.2. The molecule has 0 aliphatic heterocycles. The van der Waals surface area contributed by atoms with Gasteiger partial charge in [-0.2, -0.15) is 4.68 Å². The summed E-state index contributed by atoms with van der Waals surface area (Å²) in [7, 11) is 1.57. The van der Waals surface area contributed by atoms with Crippen LogP contribution in [0, 0.1) is 6.92 Å². The molecule has 8 nitrogen and oxygen atoms in total. The van der Waals surface area contributed by atoms with E-state index in [2.05, 4.69) is 20.8 Å². The molecule has 1 heterocycles. The van der Waals surface area contributed by atoms with Crippen LogP contribution in [0.25, 0.3) is 5.69 Å². The van der Waals surface area contributed by atoms with Crippen molar-refractivity contribution >= 4 is 23.4 Å². The van der Waals surface area contributed by atoms with Crippen LogP contribution in [-0.2, 0) is 4.79 Å². The van der Waals surface area contributed by atoms with Crippen LogP contribution >= 0.6 is 11.8 Å². The van der Waals surface area contributed by atoms with Gasteiger partial charge in [-0.05, 0) is 53.2 Å². The molecule has 0 saturated carbocycles. The lowest BCUT2D eigenvalue weighted by Gasteiger charge is -2.09. The molecular weight excluding hydrogens is 354 g/mol. The number of amides is 1. The number of phenolic OH excluding ortho intramolecular Hbond substituents is 1. The number of nitrogens with one attached hydrogen (secondary N) is 1. The Labute approximate surface area is 154 Å². The van der Waals surface area contributed by atoms with Crippen LogP contribution < -0.4 is 10.1 Å². The van der Waals surface area contributed by atoms with Gasteiger partial charge >= 0.3 is 0 Å². The average Bonchev–Trinajstić information content (AvgIpc) is 3.11. The van der Waals surface area contributed by atoms with E-state index in [9.17, 15) is 9.90 Å². The van der Waals surface area contributed by atoms with Gasteiger partial charge in [0.05, 0.1) is 12.9 Å². The highest BCUT2D eigenvalue weighted by Gasteiger charge is 2.14. The van der Waals surface area contributed by atoms with Gasteiger partial charge in [0.2, 0.25) is 11.1 Å². The minimum absolute atomic E-state index is 0.134. The van der Waals surface area contributed by atoms with Crippen LogP contribution in [0.1, 0.15) is 5.56 Å². The summed E-state index contributed by atoms with van der Waals surface area (Å²) >= 11 is 1.21. The number of methoxy groups -OCH3 is 1. The van der Waals surface area contributed by atoms with Crippen molar-refractivity contribution < 1.29 is 14.6 Å². The Morgan fingerprint density at radius 1 is 1.31 bits per heavy atom. The van der Waals surface area contributed by atoms with Crippen LogP contribution in [0.5, 0.6) is 11.5 Å². The van der Waals surface area contributed by atoms with Gasteiger partial charge in [0.25, 0.3) is 0 Å². The lowest BCUT2D eigenvalue weighted by Crippen LogP contribution is -2.14. The lowest BCUT2D eigenvalue weighted by molar-refractivity contribution is -0.113. The third kappa shape index (κ3) is 3.94. The zero-order valence-corrected chi connectivity index (χ0v) is 15.0. The van der Waals surface area contributed by atoms with Crippen LogP contribution in [0.4, 0.5) is 5.69 Å². The summed E-state index contributed by atoms with van der Waals surface area (Å²) in [6, 6.07) is 12.2. The van der Waals surface area contributed by atoms with E-state index in [4.69, 9.17) is 4.74 Å². The minimum Gasteiger partial charge on any atom is -0.508 e. The molecule has 3 aromatic rings. The van der Waals surface area contributed by atoms with Crippen molar-refractivity contribution in [1.29, 1.82) is 0 Å². The fourth-order valence-electron chi connectivity index (χ4n) is 2.29. The number of aromatic nitrogens is 4. The first-order chi connectivity index (χ1) is 12.6. The van der Waals surface area contributed by atoms with Crippen LogP contribution in [0.3, 0.4) is 0 Å². The van der Waals surface area contributed by atoms with Crippen molar-refractivity contribution in [3.05, 3.63) is 48.0 Å². The number of anilines is 1. The van der Waals surface area contributed by atoms with Gasteiger partial charge < -0.3 is 15.2 Å². The molecule has 2 N–H and O–H groups in total. The quantitative estimate of drug-likeness (QED) is 0.507. The van der Waals surface area contributed by atoms with Crippen LogP contribution in [0.2, 0.25) is 0 Å². The summed E-state index contributed by atoms with van der Waals surface area (Å²) in [5.74, 6) is 0.754. The predicted octanol–water partition coefficient (Wildman–Crippen LogP) is 2.42. The first-order valence-corrected chi connectivity index (χ1v) is 8.71. The summed E-state index contributed by atoms with van der Waals surface area (Å²) in [5.41, 5.74) is 2.00. The largest absolute Gasteiger partial charge is 0.508 e. The number of ether oxygens (including phenoxy) is 1. The highest BCUT2D eigenvalue weighted by atomic mass is 32.2. The second-order valence-corrected chi connectivity index (χ2v) is 6.33. The van der Waals surface area contributed by atoms with Gasteiger partial charge in [-0.15, -0.1) is 5.10 Å². The summed E-state index contributed by atoms with van der Waals surface area (Å²) in [6.45, 7) is 1.77. The molecule has 1 amide bonds. The number of nitrogens with zero attached hydrogens (tertiary/aromatic N) is 4. The third-order valence-electron chi connectivity index (χ3n) is 3.57. The van der Waals surface area contributed by atoms with Crippen LogP contribution in [0.15, 0.2) is 47.6 Å². The maximum absolute atomic E-state index is 12.2. The zero-order valence-electron chi connectivity index (χ0n) is 14.2. The Kier molecular flexibility index (Phi) is 5.37. The molecule has 2 aromatic carbocycles. The number of tetrazole rings is 1. The molecule has 1 aromatic heterocycles. The van der Waals surface area contributed by atoms with Gasteiger partial charge in [-0.3, -0.25) is 4.79 Å². The molecule has 0 aliphatic carbocycles. The first kappa shape index (κ1) is 17.7. The maximum atomic E-state index is 12.2. The first-order valence-electron chi connectivity index (χ1n) is 7.72. The van der Waals surface area contributed by atoms with Crippen LogP contribution in [-0.4, -0.2) is 44.1 Å². The molecule has 26 heavy (non-hydrogen) atoms. The Bertz CT molecular complexity index is 928. The van der Waals surface area contributed by atoms with E-state index < -0.39 is 0 Å². The van der Waals surface area contributed by atoms with Crippen molar-refractivity contribution in [2.45, 2.75) is 12.1 Å². The number of benzene rings is 2. The summed E-state index contributed by atoms with van der Waals surface area (Å²) in [4.78, 5) is 12.2. The van der Waals surface area contributed by atoms with E-state index in [1.165, 1.54) is 16.4 Å². The number of carbonyl (C=O) groups excluding carboxylic acids is 1. The molecule has 0 spiro atoms. The standard InChI is InChI=1S/C17H17N5O3S/c1-11-9-12(7-8-14(11)23)18-16(24)10-26-17-19-20-21-22(17)13-5-3-4-6-15(13)25-2/h3-9,23H,10H2,1-2H3,(H,18,24). The predicted molar refractivity (Wildman–Crippen MR) is 97.9 cm³/mol. The highest BCUT2D eigenvalue weighted by molar-refractivity contribution is 7.99. The van der Waals surface area contributed by atoms with E-state index >= 15 is 0 Å². The van der Waals surface area contributed by atoms with Gasteiger partial charge in [0, 0.05) is 5.69 Å². The van der Waals surface area contributed by atoms with E-state index in [0.29, 0.717) is 27.8 Å². The van der Waals surface area contributed by atoms with Crippen molar-refractivity contribution in [1.82, 2.24) is 20.2 Å². The summed E-state index contributed by atoms with van der Waals surface area (Å²) in [6.07, 6.45) is 0. The SMILES string of the molecule is COc1ccccc1-n1nnnc1SCC(=O)Nc1ccc(O)c(C)c1. The van der Waals surface area contributed by atoms with Gasteiger partial charge in [0.15, 0.2) is 0 Å². The zero-order chi connectivity index (χ0) is 18.5. The monoisotopic (exact) mass is 371 g/mol. The van der Waals surface area contributed by atoms with Gasteiger partial charge in [0.1, 0.15) is 17.2 Å². The van der Waals surface area contributed by atoms with E-state index in [1.807, 2.05) is 24.3 Å². The van der Waals surface area contributed by atoms with Crippen molar-refractivity contribution in [2.75, 3.05) is 18.2 Å². The number of para-hydroxylation sites is 2. The summed E-state index contributed by atoms with van der Waals surface area (Å²) < 4.78 is 6.85. The van der Waals surface area contributed by atoms with E-state index in [-0.39, 0.29) is 17.4 Å². The Morgan fingerprint density at radius 2 is 2.12 bits per heavy atom. The fourth-order valence-corrected chi connectivity index (χ4v) is 2.97. The highest BCUT2D eigenvalue weighted by Crippen LogP contribution is 2.26. The smallest absolute Gasteiger partial charge is 0.234 e. The number of aromatic hydroxyl groups is 1. The molecule has 9 heteroatoms. The molecule has 0 unspecified atom stereocenters. The number of hydrogen-bond donors (Lipinski definition) is 2. The Morgan fingerprint density at radius 3 is 2.88 bits per heavy atom. The minimum atomic E-state index is -0.199. The average molecular weight is 371 g/mol. The number of rotatable bonds is 6. The fraction of sp³-hybridized carbons (Fsp3) is 0.176.